The summed E-state index contributed by atoms with van der Waals surface area (Å²) in [6.07, 6.45) is 5.45. The van der Waals surface area contributed by atoms with Crippen LogP contribution in [0.4, 0.5) is 0 Å². The Hall–Kier alpha value is -2.15. The fourth-order valence-electron chi connectivity index (χ4n) is 4.92. The lowest BCUT2D eigenvalue weighted by Crippen LogP contribution is -2.45. The number of nitrogens with zero attached hydrogens (tertiary/aromatic N) is 3. The summed E-state index contributed by atoms with van der Waals surface area (Å²) in [5, 5.41) is 3.96. The predicted octanol–water partition coefficient (Wildman–Crippen LogP) is 1.91. The van der Waals surface area contributed by atoms with E-state index in [1.54, 1.807) is 11.9 Å². The van der Waals surface area contributed by atoms with E-state index in [4.69, 9.17) is 9.26 Å². The number of ether oxygens (including phenoxy) is 1. The van der Waals surface area contributed by atoms with Crippen LogP contribution in [0.5, 0.6) is 0 Å². The van der Waals surface area contributed by atoms with Crippen LogP contribution >= 0.6 is 0 Å². The van der Waals surface area contributed by atoms with Gasteiger partial charge in [-0.25, -0.2) is 0 Å². The fraction of sp³-hybridized carbons (Fsp3) is 0.650. The maximum absolute atomic E-state index is 13.2. The van der Waals surface area contributed by atoms with Gasteiger partial charge in [0.15, 0.2) is 0 Å². The lowest BCUT2D eigenvalue weighted by molar-refractivity contribution is -0.143. The van der Waals surface area contributed by atoms with E-state index < -0.39 is 17.4 Å². The van der Waals surface area contributed by atoms with Crippen molar-refractivity contribution in [2.75, 3.05) is 13.6 Å². The molecule has 0 N–H and O–H groups in total. The van der Waals surface area contributed by atoms with E-state index in [0.717, 1.165) is 12.8 Å². The Morgan fingerprint density at radius 3 is 2.81 bits per heavy atom. The average molecular weight is 373 g/mol. The van der Waals surface area contributed by atoms with Gasteiger partial charge in [-0.3, -0.25) is 9.59 Å². The van der Waals surface area contributed by atoms with E-state index in [9.17, 15) is 9.59 Å². The normalized spacial score (nSPS) is 31.2. The SMILES string of the molecule is CCC(CC)N1C[C@]23C=C[C@H](O2)[C@H](C(=O)N(C)Cc2cc(C)on2)[C@@H]3C1=O. The van der Waals surface area contributed by atoms with Crippen LogP contribution in [0.15, 0.2) is 22.7 Å². The van der Waals surface area contributed by atoms with Crippen molar-refractivity contribution in [2.45, 2.75) is 57.9 Å². The van der Waals surface area contributed by atoms with E-state index in [1.165, 1.54) is 0 Å². The van der Waals surface area contributed by atoms with Crippen LogP contribution in [0.25, 0.3) is 0 Å². The van der Waals surface area contributed by atoms with Crippen molar-refractivity contribution in [3.05, 3.63) is 29.7 Å². The Labute approximate surface area is 159 Å². The van der Waals surface area contributed by atoms with Crippen molar-refractivity contribution >= 4 is 11.8 Å². The van der Waals surface area contributed by atoms with Crippen LogP contribution in [0, 0.1) is 18.8 Å². The molecule has 146 valence electrons. The second kappa shape index (κ2) is 6.48. The van der Waals surface area contributed by atoms with Crippen molar-refractivity contribution in [1.29, 1.82) is 0 Å². The molecule has 7 nitrogen and oxygen atoms in total. The highest BCUT2D eigenvalue weighted by Gasteiger charge is 2.67. The molecule has 2 saturated heterocycles. The van der Waals surface area contributed by atoms with Crippen molar-refractivity contribution in [3.63, 3.8) is 0 Å². The Morgan fingerprint density at radius 1 is 1.44 bits per heavy atom. The van der Waals surface area contributed by atoms with Crippen LogP contribution in [0.3, 0.4) is 0 Å². The summed E-state index contributed by atoms with van der Waals surface area (Å²) in [6.45, 7) is 6.91. The second-order valence-corrected chi connectivity index (χ2v) is 7.96. The van der Waals surface area contributed by atoms with Gasteiger partial charge in [-0.2, -0.15) is 0 Å². The lowest BCUT2D eigenvalue weighted by atomic mass is 9.76. The van der Waals surface area contributed by atoms with E-state index in [2.05, 4.69) is 19.0 Å². The molecule has 7 heteroatoms. The van der Waals surface area contributed by atoms with E-state index in [0.29, 0.717) is 24.5 Å². The first-order valence-electron chi connectivity index (χ1n) is 9.75. The smallest absolute Gasteiger partial charge is 0.230 e. The standard InChI is InChI=1S/C20H27N3O4/c1-5-14(6-2)23-11-20-8-7-15(26-20)16(17(20)19(23)25)18(24)22(4)10-13-9-12(3)27-21-13/h7-9,14-17H,5-6,10-11H2,1-4H3/t15-,16-,17+,20-/m0/s1. The highest BCUT2D eigenvalue weighted by atomic mass is 16.5. The maximum Gasteiger partial charge on any atom is 0.230 e. The van der Waals surface area contributed by atoms with Crippen molar-refractivity contribution in [1.82, 2.24) is 15.0 Å². The molecule has 3 aliphatic heterocycles. The van der Waals surface area contributed by atoms with E-state index in [-0.39, 0.29) is 24.0 Å². The number of rotatable bonds is 6. The highest BCUT2D eigenvalue weighted by Crippen LogP contribution is 2.52. The maximum atomic E-state index is 13.2. The van der Waals surface area contributed by atoms with Crippen LogP contribution in [-0.2, 0) is 20.9 Å². The summed E-state index contributed by atoms with van der Waals surface area (Å²) < 4.78 is 11.3. The van der Waals surface area contributed by atoms with Gasteiger partial charge in [-0.1, -0.05) is 31.2 Å². The van der Waals surface area contributed by atoms with Crippen LogP contribution in [0.2, 0.25) is 0 Å². The molecule has 2 bridgehead atoms. The molecule has 1 aromatic heterocycles. The van der Waals surface area contributed by atoms with Gasteiger partial charge in [0, 0.05) is 19.2 Å². The number of fused-ring (bicyclic) bond motifs is 1. The first-order chi connectivity index (χ1) is 12.9. The molecule has 2 amide bonds. The zero-order valence-corrected chi connectivity index (χ0v) is 16.3. The Morgan fingerprint density at radius 2 is 2.19 bits per heavy atom. The number of hydrogen-bond acceptors (Lipinski definition) is 5. The summed E-state index contributed by atoms with van der Waals surface area (Å²) in [4.78, 5) is 30.0. The highest BCUT2D eigenvalue weighted by molar-refractivity contribution is 5.93. The molecule has 0 aromatic carbocycles. The molecule has 3 aliphatic rings. The first-order valence-corrected chi connectivity index (χ1v) is 9.75. The van der Waals surface area contributed by atoms with Gasteiger partial charge < -0.3 is 19.1 Å². The van der Waals surface area contributed by atoms with Gasteiger partial charge in [0.2, 0.25) is 11.8 Å². The molecule has 0 unspecified atom stereocenters. The minimum Gasteiger partial charge on any atom is -0.361 e. The summed E-state index contributed by atoms with van der Waals surface area (Å²) in [5.74, 6) is -0.207. The zero-order chi connectivity index (χ0) is 19.3. The van der Waals surface area contributed by atoms with Crippen LogP contribution < -0.4 is 0 Å². The first kappa shape index (κ1) is 18.2. The third-order valence-corrected chi connectivity index (χ3v) is 6.25. The molecule has 27 heavy (non-hydrogen) atoms. The Bertz CT molecular complexity index is 784. The lowest BCUT2D eigenvalue weighted by Gasteiger charge is -2.29. The number of aryl methyl sites for hydroxylation is 1. The molecular formula is C20H27N3O4. The third-order valence-electron chi connectivity index (χ3n) is 6.25. The minimum atomic E-state index is -0.643. The average Bonchev–Trinajstić information content (AvgIpc) is 3.38. The molecule has 0 saturated carbocycles. The molecule has 4 rings (SSSR count). The Balaban J connectivity index is 1.56. The molecule has 1 aromatic rings. The van der Waals surface area contributed by atoms with Gasteiger partial charge in [0.25, 0.3) is 0 Å². The third kappa shape index (κ3) is 2.71. The van der Waals surface area contributed by atoms with Gasteiger partial charge in [-0.05, 0) is 19.8 Å². The van der Waals surface area contributed by atoms with Crippen molar-refractivity contribution in [3.8, 4) is 0 Å². The van der Waals surface area contributed by atoms with Gasteiger partial charge >= 0.3 is 0 Å². The summed E-state index contributed by atoms with van der Waals surface area (Å²) in [5.41, 5.74) is 0.0600. The van der Waals surface area contributed by atoms with Crippen molar-refractivity contribution < 1.29 is 18.8 Å². The van der Waals surface area contributed by atoms with Crippen molar-refractivity contribution in [2.24, 2.45) is 11.8 Å². The molecule has 0 radical (unpaired) electrons. The van der Waals surface area contributed by atoms with Crippen LogP contribution in [-0.4, -0.2) is 58.1 Å². The molecule has 2 fully saturated rings. The van der Waals surface area contributed by atoms with E-state index in [1.807, 2.05) is 30.0 Å². The number of carbonyl (C=O) groups excluding carboxylic acids is 2. The topological polar surface area (TPSA) is 75.9 Å². The monoisotopic (exact) mass is 373 g/mol. The second-order valence-electron chi connectivity index (χ2n) is 7.96. The van der Waals surface area contributed by atoms with E-state index >= 15 is 0 Å². The van der Waals surface area contributed by atoms with Crippen LogP contribution in [0.1, 0.15) is 38.1 Å². The number of amides is 2. The fourth-order valence-corrected chi connectivity index (χ4v) is 4.92. The molecular weight excluding hydrogens is 346 g/mol. The summed E-state index contributed by atoms with van der Waals surface area (Å²) in [7, 11) is 1.74. The largest absolute Gasteiger partial charge is 0.361 e. The van der Waals surface area contributed by atoms with Gasteiger partial charge in [-0.15, -0.1) is 0 Å². The minimum absolute atomic E-state index is 0.0552. The quantitative estimate of drug-likeness (QED) is 0.712. The number of carbonyl (C=O) groups is 2. The predicted molar refractivity (Wildman–Crippen MR) is 97.5 cm³/mol. The number of hydrogen-bond donors (Lipinski definition) is 0. The molecule has 4 atom stereocenters. The zero-order valence-electron chi connectivity index (χ0n) is 16.3. The molecule has 0 aliphatic carbocycles. The Kier molecular flexibility index (Phi) is 4.37. The number of likely N-dealkylation sites (tertiary alicyclic amines) is 1. The molecule has 1 spiro atoms. The summed E-state index contributed by atoms with van der Waals surface area (Å²) in [6, 6.07) is 2.01. The summed E-state index contributed by atoms with van der Waals surface area (Å²) >= 11 is 0. The number of aromatic nitrogens is 1. The van der Waals surface area contributed by atoms with Gasteiger partial charge in [0.05, 0.1) is 31.0 Å². The molecule has 4 heterocycles. The van der Waals surface area contributed by atoms with Gasteiger partial charge in [0.1, 0.15) is 17.1 Å².